The maximum atomic E-state index is 12.4. The summed E-state index contributed by atoms with van der Waals surface area (Å²) in [6.07, 6.45) is 6.39. The summed E-state index contributed by atoms with van der Waals surface area (Å²) in [7, 11) is 2.01. The molecule has 1 amide bonds. The Morgan fingerprint density at radius 3 is 2.73 bits per heavy atom. The first kappa shape index (κ1) is 16.6. The van der Waals surface area contributed by atoms with E-state index < -0.39 is 0 Å². The number of aryl methyl sites for hydroxylation is 1. The second kappa shape index (κ2) is 7.15. The van der Waals surface area contributed by atoms with Gasteiger partial charge >= 0.3 is 0 Å². The predicted octanol–water partition coefficient (Wildman–Crippen LogP) is 1.43. The number of carbonyl (C=O) groups is 1. The number of hydrogen-bond donors (Lipinski definition) is 3. The SMILES string of the molecule is Cn1cccc1C1CC(C(=O)NCc2ccc(-n3cccn3)cc2)NN1. The lowest BCUT2D eigenvalue weighted by atomic mass is 10.1. The molecule has 1 fully saturated rings. The fourth-order valence-electron chi connectivity index (χ4n) is 3.26. The third-order valence-corrected chi connectivity index (χ3v) is 4.73. The molecule has 7 nitrogen and oxygen atoms in total. The van der Waals surface area contributed by atoms with Gasteiger partial charge in [0.25, 0.3) is 0 Å². The minimum absolute atomic E-state index is 0.00496. The summed E-state index contributed by atoms with van der Waals surface area (Å²) in [4.78, 5) is 12.4. The summed E-state index contributed by atoms with van der Waals surface area (Å²) in [6.45, 7) is 0.505. The maximum Gasteiger partial charge on any atom is 0.238 e. The number of hydrogen-bond acceptors (Lipinski definition) is 4. The molecule has 134 valence electrons. The van der Waals surface area contributed by atoms with Crippen LogP contribution in [0.3, 0.4) is 0 Å². The minimum atomic E-state index is -0.238. The standard InChI is InChI=1S/C19H22N6O/c1-24-10-2-4-18(24)16-12-17(23-22-16)19(26)20-13-14-5-7-15(8-6-14)25-11-3-9-21-25/h2-11,16-17,22-23H,12-13H2,1H3,(H,20,26). The zero-order chi connectivity index (χ0) is 17.9. The Kier molecular flexibility index (Phi) is 4.55. The van der Waals surface area contributed by atoms with E-state index in [2.05, 4.69) is 31.9 Å². The third kappa shape index (κ3) is 3.40. The Labute approximate surface area is 152 Å². The number of hydrazine groups is 1. The van der Waals surface area contributed by atoms with Crippen molar-refractivity contribution in [2.75, 3.05) is 0 Å². The van der Waals surface area contributed by atoms with Crippen molar-refractivity contribution < 1.29 is 4.79 Å². The van der Waals surface area contributed by atoms with Crippen LogP contribution in [0.4, 0.5) is 0 Å². The molecule has 2 unspecified atom stereocenters. The third-order valence-electron chi connectivity index (χ3n) is 4.73. The van der Waals surface area contributed by atoms with Crippen LogP contribution < -0.4 is 16.2 Å². The molecule has 3 N–H and O–H groups in total. The van der Waals surface area contributed by atoms with Crippen LogP contribution >= 0.6 is 0 Å². The Bertz CT molecular complexity index is 868. The molecule has 2 aromatic heterocycles. The lowest BCUT2D eigenvalue weighted by molar-refractivity contribution is -0.123. The number of carbonyl (C=O) groups excluding carboxylic acids is 1. The summed E-state index contributed by atoms with van der Waals surface area (Å²) in [5.41, 5.74) is 9.53. The second-order valence-electron chi connectivity index (χ2n) is 6.51. The summed E-state index contributed by atoms with van der Waals surface area (Å²) < 4.78 is 3.88. The van der Waals surface area contributed by atoms with E-state index in [1.54, 1.807) is 10.9 Å². The highest BCUT2D eigenvalue weighted by Gasteiger charge is 2.30. The van der Waals surface area contributed by atoms with Gasteiger partial charge in [-0.2, -0.15) is 5.10 Å². The highest BCUT2D eigenvalue weighted by Crippen LogP contribution is 2.22. The Morgan fingerprint density at radius 2 is 2.04 bits per heavy atom. The molecule has 2 atom stereocenters. The number of nitrogens with zero attached hydrogens (tertiary/aromatic N) is 3. The van der Waals surface area contributed by atoms with Crippen LogP contribution in [0.1, 0.15) is 23.7 Å². The van der Waals surface area contributed by atoms with Crippen molar-refractivity contribution in [1.29, 1.82) is 0 Å². The highest BCUT2D eigenvalue weighted by atomic mass is 16.2. The average molecular weight is 350 g/mol. The van der Waals surface area contributed by atoms with Crippen LogP contribution in [0.25, 0.3) is 5.69 Å². The molecule has 1 aliphatic rings. The van der Waals surface area contributed by atoms with Gasteiger partial charge in [0, 0.05) is 37.9 Å². The van der Waals surface area contributed by atoms with Gasteiger partial charge in [-0.15, -0.1) is 0 Å². The zero-order valence-corrected chi connectivity index (χ0v) is 14.6. The van der Waals surface area contributed by atoms with Gasteiger partial charge < -0.3 is 9.88 Å². The van der Waals surface area contributed by atoms with Crippen molar-refractivity contribution in [2.45, 2.75) is 25.0 Å². The molecule has 4 rings (SSSR count). The highest BCUT2D eigenvalue weighted by molar-refractivity contribution is 5.82. The van der Waals surface area contributed by atoms with Gasteiger partial charge in [-0.1, -0.05) is 12.1 Å². The van der Waals surface area contributed by atoms with Gasteiger partial charge in [-0.25, -0.2) is 15.5 Å². The first-order chi connectivity index (χ1) is 12.7. The molecule has 0 aliphatic carbocycles. The summed E-state index contributed by atoms with van der Waals surface area (Å²) >= 11 is 0. The van der Waals surface area contributed by atoms with Crippen LogP contribution in [0.2, 0.25) is 0 Å². The van der Waals surface area contributed by atoms with Crippen molar-refractivity contribution in [3.63, 3.8) is 0 Å². The van der Waals surface area contributed by atoms with Crippen molar-refractivity contribution in [2.24, 2.45) is 7.05 Å². The molecule has 1 aromatic carbocycles. The van der Waals surface area contributed by atoms with E-state index in [4.69, 9.17) is 0 Å². The fourth-order valence-corrected chi connectivity index (χ4v) is 3.26. The largest absolute Gasteiger partial charge is 0.353 e. The van der Waals surface area contributed by atoms with Gasteiger partial charge in [0.2, 0.25) is 5.91 Å². The van der Waals surface area contributed by atoms with E-state index >= 15 is 0 Å². The predicted molar refractivity (Wildman–Crippen MR) is 98.2 cm³/mol. The molecule has 0 spiro atoms. The van der Waals surface area contributed by atoms with E-state index in [0.717, 1.165) is 17.7 Å². The van der Waals surface area contributed by atoms with Gasteiger partial charge in [0.05, 0.1) is 11.7 Å². The Hall–Kier alpha value is -2.90. The number of benzene rings is 1. The van der Waals surface area contributed by atoms with Crippen LogP contribution in [-0.2, 0) is 18.4 Å². The molecule has 7 heteroatoms. The lowest BCUT2D eigenvalue weighted by Crippen LogP contribution is -2.42. The molecule has 1 saturated heterocycles. The number of aromatic nitrogens is 3. The Balaban J connectivity index is 1.31. The second-order valence-corrected chi connectivity index (χ2v) is 6.51. The van der Waals surface area contributed by atoms with E-state index in [-0.39, 0.29) is 18.0 Å². The summed E-state index contributed by atoms with van der Waals surface area (Å²) in [6, 6.07) is 13.9. The monoisotopic (exact) mass is 350 g/mol. The maximum absolute atomic E-state index is 12.4. The molecular formula is C19H22N6O. The van der Waals surface area contributed by atoms with E-state index in [1.165, 1.54) is 5.69 Å². The van der Waals surface area contributed by atoms with Crippen molar-refractivity contribution >= 4 is 5.91 Å². The molecule has 3 aromatic rings. The smallest absolute Gasteiger partial charge is 0.238 e. The van der Waals surface area contributed by atoms with Gasteiger partial charge in [0.15, 0.2) is 0 Å². The molecular weight excluding hydrogens is 328 g/mol. The first-order valence-corrected chi connectivity index (χ1v) is 8.69. The lowest BCUT2D eigenvalue weighted by Gasteiger charge is -2.11. The van der Waals surface area contributed by atoms with Crippen LogP contribution in [0.15, 0.2) is 61.1 Å². The molecule has 0 radical (unpaired) electrons. The average Bonchev–Trinajstić information content (AvgIpc) is 3.41. The molecule has 3 heterocycles. The summed E-state index contributed by atoms with van der Waals surface area (Å²) in [5.74, 6) is 0.00496. The normalized spacial score (nSPS) is 19.6. The van der Waals surface area contributed by atoms with Gasteiger partial charge in [0.1, 0.15) is 6.04 Å². The fraction of sp³-hybridized carbons (Fsp3) is 0.263. The quantitative estimate of drug-likeness (QED) is 0.651. The van der Waals surface area contributed by atoms with Crippen LogP contribution in [-0.4, -0.2) is 26.3 Å². The summed E-state index contributed by atoms with van der Waals surface area (Å²) in [5, 5.41) is 7.21. The molecule has 1 aliphatic heterocycles. The van der Waals surface area contributed by atoms with Crippen molar-refractivity contribution in [1.82, 2.24) is 30.5 Å². The number of rotatable bonds is 5. The van der Waals surface area contributed by atoms with Crippen LogP contribution in [0, 0.1) is 0 Å². The minimum Gasteiger partial charge on any atom is -0.353 e. The molecule has 0 bridgehead atoms. The topological polar surface area (TPSA) is 75.9 Å². The van der Waals surface area contributed by atoms with E-state index in [1.807, 2.05) is 55.8 Å². The molecule has 26 heavy (non-hydrogen) atoms. The zero-order valence-electron chi connectivity index (χ0n) is 14.6. The number of nitrogens with one attached hydrogen (secondary N) is 3. The number of amides is 1. The van der Waals surface area contributed by atoms with Crippen LogP contribution in [0.5, 0.6) is 0 Å². The Morgan fingerprint density at radius 1 is 1.19 bits per heavy atom. The van der Waals surface area contributed by atoms with E-state index in [9.17, 15) is 4.79 Å². The van der Waals surface area contributed by atoms with E-state index in [0.29, 0.717) is 6.54 Å². The van der Waals surface area contributed by atoms with Gasteiger partial charge in [-0.3, -0.25) is 4.79 Å². The van der Waals surface area contributed by atoms with Crippen molar-refractivity contribution in [3.05, 3.63) is 72.3 Å². The van der Waals surface area contributed by atoms with Gasteiger partial charge in [-0.05, 0) is 42.3 Å². The molecule has 0 saturated carbocycles. The first-order valence-electron chi connectivity index (χ1n) is 8.69. The van der Waals surface area contributed by atoms with Crippen molar-refractivity contribution in [3.8, 4) is 5.69 Å².